The SMILES string of the molecule is CCCCn1c(=O)[nH]c(=O)c2c1nc(COC(=O)/C=C/c1ccc(Cl)cc1)n2CC. The van der Waals surface area contributed by atoms with E-state index in [2.05, 4.69) is 9.97 Å². The van der Waals surface area contributed by atoms with E-state index >= 15 is 0 Å². The van der Waals surface area contributed by atoms with Gasteiger partial charge in [-0.15, -0.1) is 0 Å². The number of nitrogens with one attached hydrogen (secondary N) is 1. The standard InChI is InChI=1S/C21H23ClN4O4/c1-3-5-12-26-19-18(20(28)24-21(26)29)25(4-2)16(23-19)13-30-17(27)11-8-14-6-9-15(22)10-7-14/h6-11H,3-5,12-13H2,1-2H3,(H,24,28,29)/b11-8+. The Kier molecular flexibility index (Phi) is 6.89. The van der Waals surface area contributed by atoms with E-state index in [-0.39, 0.29) is 6.61 Å². The lowest BCUT2D eigenvalue weighted by Gasteiger charge is -2.06. The van der Waals surface area contributed by atoms with Gasteiger partial charge in [0.25, 0.3) is 5.56 Å². The summed E-state index contributed by atoms with van der Waals surface area (Å²) in [6, 6.07) is 7.02. The van der Waals surface area contributed by atoms with E-state index in [1.54, 1.807) is 34.9 Å². The minimum atomic E-state index is -0.544. The topological polar surface area (TPSA) is 99.0 Å². The van der Waals surface area contributed by atoms with Crippen LogP contribution in [0.2, 0.25) is 5.02 Å². The van der Waals surface area contributed by atoms with Crippen LogP contribution >= 0.6 is 11.6 Å². The molecule has 0 saturated carbocycles. The molecule has 0 unspecified atom stereocenters. The number of ether oxygens (including phenoxy) is 1. The van der Waals surface area contributed by atoms with Crippen molar-refractivity contribution in [2.75, 3.05) is 0 Å². The number of halogens is 1. The van der Waals surface area contributed by atoms with Gasteiger partial charge in [0.2, 0.25) is 0 Å². The minimum absolute atomic E-state index is 0.117. The first-order chi connectivity index (χ1) is 14.4. The van der Waals surface area contributed by atoms with Crippen molar-refractivity contribution >= 4 is 34.8 Å². The van der Waals surface area contributed by atoms with Crippen LogP contribution in [0.5, 0.6) is 0 Å². The highest BCUT2D eigenvalue weighted by atomic mass is 35.5. The number of aryl methyl sites for hydroxylation is 2. The smallest absolute Gasteiger partial charge is 0.331 e. The third-order valence-corrected chi connectivity index (χ3v) is 4.89. The highest BCUT2D eigenvalue weighted by molar-refractivity contribution is 6.30. The molecular formula is C21H23ClN4O4. The van der Waals surface area contributed by atoms with E-state index < -0.39 is 17.2 Å². The van der Waals surface area contributed by atoms with Gasteiger partial charge < -0.3 is 9.30 Å². The van der Waals surface area contributed by atoms with Crippen LogP contribution in [0.15, 0.2) is 39.9 Å². The van der Waals surface area contributed by atoms with Crippen LogP contribution < -0.4 is 11.2 Å². The first kappa shape index (κ1) is 21.6. The molecule has 2 heterocycles. The summed E-state index contributed by atoms with van der Waals surface area (Å²) in [5, 5.41) is 0.612. The molecular weight excluding hydrogens is 408 g/mol. The number of carbonyl (C=O) groups is 1. The molecule has 0 saturated heterocycles. The number of aromatic amines is 1. The van der Waals surface area contributed by atoms with Gasteiger partial charge in [-0.25, -0.2) is 14.6 Å². The highest BCUT2D eigenvalue weighted by Crippen LogP contribution is 2.14. The van der Waals surface area contributed by atoms with Gasteiger partial charge >= 0.3 is 11.7 Å². The zero-order valence-corrected chi connectivity index (χ0v) is 17.6. The Morgan fingerprint density at radius 1 is 1.20 bits per heavy atom. The number of benzene rings is 1. The van der Waals surface area contributed by atoms with E-state index in [4.69, 9.17) is 16.3 Å². The molecule has 3 rings (SSSR count). The molecule has 8 nitrogen and oxygen atoms in total. The minimum Gasteiger partial charge on any atom is -0.454 e. The van der Waals surface area contributed by atoms with E-state index in [0.29, 0.717) is 35.1 Å². The zero-order valence-electron chi connectivity index (χ0n) is 16.9. The predicted octanol–water partition coefficient (Wildman–Crippen LogP) is 3.12. The summed E-state index contributed by atoms with van der Waals surface area (Å²) >= 11 is 5.84. The van der Waals surface area contributed by atoms with Crippen LogP contribution in [0, 0.1) is 0 Å². The second-order valence-corrected chi connectivity index (χ2v) is 7.14. The second-order valence-electron chi connectivity index (χ2n) is 6.70. The summed E-state index contributed by atoms with van der Waals surface area (Å²) in [5.74, 6) is -0.140. The van der Waals surface area contributed by atoms with Gasteiger partial charge in [0, 0.05) is 24.2 Å². The summed E-state index contributed by atoms with van der Waals surface area (Å²) in [7, 11) is 0. The quantitative estimate of drug-likeness (QED) is 0.437. The normalized spacial score (nSPS) is 11.4. The number of hydrogen-bond donors (Lipinski definition) is 1. The summed E-state index contributed by atoms with van der Waals surface area (Å²) in [5.41, 5.74) is 0.426. The van der Waals surface area contributed by atoms with Crippen LogP contribution in [0.4, 0.5) is 0 Å². The lowest BCUT2D eigenvalue weighted by atomic mass is 10.2. The van der Waals surface area contributed by atoms with Crippen molar-refractivity contribution in [1.82, 2.24) is 19.1 Å². The summed E-state index contributed by atoms with van der Waals surface area (Å²) in [6.45, 7) is 4.65. The first-order valence-corrected chi connectivity index (χ1v) is 10.1. The summed E-state index contributed by atoms with van der Waals surface area (Å²) in [6.07, 6.45) is 4.60. The number of unbranched alkanes of at least 4 members (excludes halogenated alkanes) is 1. The van der Waals surface area contributed by atoms with Gasteiger partial charge in [0.1, 0.15) is 12.4 Å². The van der Waals surface area contributed by atoms with E-state index in [1.165, 1.54) is 10.6 Å². The van der Waals surface area contributed by atoms with Crippen LogP contribution in [0.1, 0.15) is 38.1 Å². The molecule has 9 heteroatoms. The van der Waals surface area contributed by atoms with E-state index in [0.717, 1.165) is 18.4 Å². The molecule has 2 aromatic heterocycles. The molecule has 0 bridgehead atoms. The Hall–Kier alpha value is -3.13. The lowest BCUT2D eigenvalue weighted by molar-refractivity contribution is -0.139. The molecule has 30 heavy (non-hydrogen) atoms. The molecule has 0 atom stereocenters. The van der Waals surface area contributed by atoms with Gasteiger partial charge in [0.05, 0.1) is 0 Å². The fourth-order valence-corrected chi connectivity index (χ4v) is 3.24. The largest absolute Gasteiger partial charge is 0.454 e. The van der Waals surface area contributed by atoms with E-state index in [1.807, 2.05) is 13.8 Å². The third kappa shape index (κ3) is 4.71. The molecule has 158 valence electrons. The third-order valence-electron chi connectivity index (χ3n) is 4.64. The number of esters is 1. The Labute approximate surface area is 177 Å². The number of hydrogen-bond acceptors (Lipinski definition) is 5. The van der Waals surface area contributed by atoms with Crippen LogP contribution in [-0.4, -0.2) is 25.1 Å². The highest BCUT2D eigenvalue weighted by Gasteiger charge is 2.18. The number of fused-ring (bicyclic) bond motifs is 1. The second kappa shape index (κ2) is 9.58. The van der Waals surface area contributed by atoms with Crippen molar-refractivity contribution in [3.8, 4) is 0 Å². The summed E-state index contributed by atoms with van der Waals surface area (Å²) < 4.78 is 8.42. The van der Waals surface area contributed by atoms with Crippen molar-refractivity contribution < 1.29 is 9.53 Å². The van der Waals surface area contributed by atoms with Crippen LogP contribution in [0.3, 0.4) is 0 Å². The van der Waals surface area contributed by atoms with Crippen molar-refractivity contribution in [2.45, 2.75) is 46.4 Å². The van der Waals surface area contributed by atoms with Gasteiger partial charge in [-0.1, -0.05) is 37.1 Å². The molecule has 3 aromatic rings. The zero-order chi connectivity index (χ0) is 21.7. The molecule has 0 aliphatic carbocycles. The van der Waals surface area contributed by atoms with Gasteiger partial charge in [-0.2, -0.15) is 0 Å². The fraction of sp³-hybridized carbons (Fsp3) is 0.333. The molecule has 1 N–H and O–H groups in total. The first-order valence-electron chi connectivity index (χ1n) is 9.77. The number of imidazole rings is 1. The van der Waals surface area contributed by atoms with Gasteiger partial charge in [0.15, 0.2) is 11.2 Å². The van der Waals surface area contributed by atoms with Gasteiger partial charge in [-0.05, 0) is 37.1 Å². The van der Waals surface area contributed by atoms with Gasteiger partial charge in [-0.3, -0.25) is 14.3 Å². The molecule has 1 aromatic carbocycles. The molecule has 0 amide bonds. The molecule has 0 aliphatic heterocycles. The van der Waals surface area contributed by atoms with Crippen molar-refractivity contribution in [1.29, 1.82) is 0 Å². The molecule has 0 fully saturated rings. The molecule has 0 radical (unpaired) electrons. The van der Waals surface area contributed by atoms with E-state index in [9.17, 15) is 14.4 Å². The Morgan fingerprint density at radius 3 is 2.60 bits per heavy atom. The lowest BCUT2D eigenvalue weighted by Crippen LogP contribution is -2.31. The fourth-order valence-electron chi connectivity index (χ4n) is 3.11. The molecule has 0 spiro atoms. The number of nitrogens with zero attached hydrogens (tertiary/aromatic N) is 3. The van der Waals surface area contributed by atoms with Crippen molar-refractivity contribution in [3.63, 3.8) is 0 Å². The maximum Gasteiger partial charge on any atom is 0.331 e. The summed E-state index contributed by atoms with van der Waals surface area (Å²) in [4.78, 5) is 43.5. The number of aromatic nitrogens is 4. The maximum atomic E-state index is 12.4. The number of carbonyl (C=O) groups excluding carboxylic acids is 1. The monoisotopic (exact) mass is 430 g/mol. The average molecular weight is 431 g/mol. The Balaban J connectivity index is 1.84. The Morgan fingerprint density at radius 2 is 1.93 bits per heavy atom. The predicted molar refractivity (Wildman–Crippen MR) is 115 cm³/mol. The van der Waals surface area contributed by atoms with Crippen molar-refractivity contribution in [3.05, 3.63) is 67.6 Å². The van der Waals surface area contributed by atoms with Crippen molar-refractivity contribution in [2.24, 2.45) is 0 Å². The van der Waals surface area contributed by atoms with Crippen LogP contribution in [-0.2, 0) is 29.2 Å². The van der Waals surface area contributed by atoms with Crippen LogP contribution in [0.25, 0.3) is 17.2 Å². The number of rotatable bonds is 8. The molecule has 0 aliphatic rings. The Bertz CT molecular complexity index is 1190. The maximum absolute atomic E-state index is 12.4. The number of H-pyrrole nitrogens is 1. The average Bonchev–Trinajstić information content (AvgIpc) is 3.10.